The Morgan fingerprint density at radius 3 is 2.75 bits per heavy atom. The lowest BCUT2D eigenvalue weighted by Gasteiger charge is -2.32. The van der Waals surface area contributed by atoms with Crippen LogP contribution in [0.25, 0.3) is 0 Å². The van der Waals surface area contributed by atoms with Crippen LogP contribution < -0.4 is 0 Å². The standard InChI is InChI=1S/C13H17ClFNO3S/c1-9-4-2-3-5-16(9)20(18,19)12-7-11(14)6-10(8-17)13(12)15/h6-7,9,17H,2-5,8H2,1H3. The van der Waals surface area contributed by atoms with Crippen molar-refractivity contribution in [2.75, 3.05) is 6.54 Å². The second kappa shape index (κ2) is 5.97. The lowest BCUT2D eigenvalue weighted by Crippen LogP contribution is -2.42. The zero-order valence-corrected chi connectivity index (χ0v) is 12.7. The molecule has 0 bridgehead atoms. The number of benzene rings is 1. The van der Waals surface area contributed by atoms with E-state index in [1.54, 1.807) is 0 Å². The van der Waals surface area contributed by atoms with Gasteiger partial charge in [-0.25, -0.2) is 12.8 Å². The molecule has 1 aromatic rings. The average molecular weight is 322 g/mol. The molecule has 0 aliphatic carbocycles. The Kier molecular flexibility index (Phi) is 4.69. The van der Waals surface area contributed by atoms with Gasteiger partial charge in [0.15, 0.2) is 0 Å². The molecule has 0 aromatic heterocycles. The first-order valence-electron chi connectivity index (χ1n) is 6.48. The van der Waals surface area contributed by atoms with Crippen molar-refractivity contribution in [2.24, 2.45) is 0 Å². The summed E-state index contributed by atoms with van der Waals surface area (Å²) in [5.74, 6) is -0.922. The van der Waals surface area contributed by atoms with Gasteiger partial charge in [-0.3, -0.25) is 0 Å². The van der Waals surface area contributed by atoms with Crippen molar-refractivity contribution < 1.29 is 17.9 Å². The zero-order valence-electron chi connectivity index (χ0n) is 11.1. The van der Waals surface area contributed by atoms with E-state index in [0.29, 0.717) is 6.54 Å². The minimum atomic E-state index is -3.93. The fourth-order valence-electron chi connectivity index (χ4n) is 2.48. The number of hydrogen-bond donors (Lipinski definition) is 1. The second-order valence-electron chi connectivity index (χ2n) is 5.00. The molecule has 1 aromatic carbocycles. The average Bonchev–Trinajstić information content (AvgIpc) is 2.41. The lowest BCUT2D eigenvalue weighted by atomic mass is 10.1. The topological polar surface area (TPSA) is 57.6 Å². The van der Waals surface area contributed by atoms with E-state index in [1.807, 2.05) is 6.92 Å². The third-order valence-corrected chi connectivity index (χ3v) is 5.81. The van der Waals surface area contributed by atoms with Gasteiger partial charge in [-0.05, 0) is 31.9 Å². The van der Waals surface area contributed by atoms with Crippen LogP contribution in [-0.4, -0.2) is 30.4 Å². The predicted molar refractivity (Wildman–Crippen MR) is 74.5 cm³/mol. The zero-order chi connectivity index (χ0) is 14.9. The van der Waals surface area contributed by atoms with E-state index >= 15 is 0 Å². The fourth-order valence-corrected chi connectivity index (χ4v) is 4.62. The first-order chi connectivity index (χ1) is 9.37. The highest BCUT2D eigenvalue weighted by molar-refractivity contribution is 7.89. The molecule has 1 saturated heterocycles. The quantitative estimate of drug-likeness (QED) is 0.930. The smallest absolute Gasteiger partial charge is 0.246 e. The number of sulfonamides is 1. The summed E-state index contributed by atoms with van der Waals surface area (Å²) in [6.07, 6.45) is 2.49. The van der Waals surface area contributed by atoms with Crippen LogP contribution in [0.15, 0.2) is 17.0 Å². The Morgan fingerprint density at radius 1 is 1.45 bits per heavy atom. The number of rotatable bonds is 3. The third-order valence-electron chi connectivity index (χ3n) is 3.58. The van der Waals surface area contributed by atoms with Crippen molar-refractivity contribution in [3.8, 4) is 0 Å². The van der Waals surface area contributed by atoms with E-state index in [0.717, 1.165) is 25.3 Å². The van der Waals surface area contributed by atoms with Gasteiger partial charge >= 0.3 is 0 Å². The summed E-state index contributed by atoms with van der Waals surface area (Å²) < 4.78 is 40.7. The number of aliphatic hydroxyl groups excluding tert-OH is 1. The van der Waals surface area contributed by atoms with Crippen LogP contribution in [0.1, 0.15) is 31.7 Å². The number of piperidine rings is 1. The van der Waals surface area contributed by atoms with Crippen molar-refractivity contribution in [3.63, 3.8) is 0 Å². The maximum atomic E-state index is 14.2. The van der Waals surface area contributed by atoms with Gasteiger partial charge < -0.3 is 5.11 Å². The molecule has 1 atom stereocenters. The Morgan fingerprint density at radius 2 is 2.15 bits per heavy atom. The Labute approximate surface area is 123 Å². The summed E-state index contributed by atoms with van der Waals surface area (Å²) in [7, 11) is -3.93. The van der Waals surface area contributed by atoms with Crippen molar-refractivity contribution in [3.05, 3.63) is 28.5 Å². The highest BCUT2D eigenvalue weighted by Gasteiger charge is 2.33. The molecule has 1 fully saturated rings. The Hall–Kier alpha value is -0.690. The van der Waals surface area contributed by atoms with E-state index in [9.17, 15) is 12.8 Å². The van der Waals surface area contributed by atoms with Crippen LogP contribution in [-0.2, 0) is 16.6 Å². The molecule has 1 unspecified atom stereocenters. The van der Waals surface area contributed by atoms with Gasteiger partial charge in [-0.15, -0.1) is 0 Å². The molecule has 0 amide bonds. The largest absolute Gasteiger partial charge is 0.392 e. The summed E-state index contributed by atoms with van der Waals surface area (Å²) in [5.41, 5.74) is -0.110. The molecule has 0 saturated carbocycles. The van der Waals surface area contributed by atoms with E-state index in [2.05, 4.69) is 0 Å². The van der Waals surface area contributed by atoms with Crippen LogP contribution >= 0.6 is 11.6 Å². The highest BCUT2D eigenvalue weighted by atomic mass is 35.5. The number of nitrogens with zero attached hydrogens (tertiary/aromatic N) is 1. The number of halogens is 2. The fraction of sp³-hybridized carbons (Fsp3) is 0.538. The maximum absolute atomic E-state index is 14.2. The molecule has 20 heavy (non-hydrogen) atoms. The normalized spacial score (nSPS) is 21.1. The van der Waals surface area contributed by atoms with E-state index in [-0.39, 0.29) is 16.6 Å². The highest BCUT2D eigenvalue weighted by Crippen LogP contribution is 2.30. The van der Waals surface area contributed by atoms with Gasteiger partial charge in [-0.1, -0.05) is 18.0 Å². The molecule has 1 N–H and O–H groups in total. The SMILES string of the molecule is CC1CCCCN1S(=O)(=O)c1cc(Cl)cc(CO)c1F. The molecule has 2 rings (SSSR count). The summed E-state index contributed by atoms with van der Waals surface area (Å²) in [5, 5.41) is 9.18. The third kappa shape index (κ3) is 2.83. The van der Waals surface area contributed by atoms with Gasteiger partial charge in [0.25, 0.3) is 0 Å². The van der Waals surface area contributed by atoms with Gasteiger partial charge in [0, 0.05) is 23.2 Å². The minimum Gasteiger partial charge on any atom is -0.392 e. The molecule has 0 radical (unpaired) electrons. The monoisotopic (exact) mass is 321 g/mol. The molecule has 4 nitrogen and oxygen atoms in total. The first kappa shape index (κ1) is 15.7. The summed E-state index contributed by atoms with van der Waals surface area (Å²) in [4.78, 5) is -0.456. The lowest BCUT2D eigenvalue weighted by molar-refractivity contribution is 0.265. The molecule has 112 valence electrons. The Bertz CT molecular complexity index is 606. The first-order valence-corrected chi connectivity index (χ1v) is 8.30. The van der Waals surface area contributed by atoms with Gasteiger partial charge in [0.05, 0.1) is 6.61 Å². The van der Waals surface area contributed by atoms with E-state index < -0.39 is 27.3 Å². The summed E-state index contributed by atoms with van der Waals surface area (Å²) in [6, 6.07) is 2.17. The number of aliphatic hydroxyl groups is 1. The molecular formula is C13H17ClFNO3S. The van der Waals surface area contributed by atoms with Gasteiger partial charge in [0.2, 0.25) is 10.0 Å². The van der Waals surface area contributed by atoms with Crippen molar-refractivity contribution in [2.45, 2.75) is 43.7 Å². The summed E-state index contributed by atoms with van der Waals surface area (Å²) >= 11 is 5.82. The van der Waals surface area contributed by atoms with Crippen molar-refractivity contribution in [1.29, 1.82) is 0 Å². The molecular weight excluding hydrogens is 305 g/mol. The molecule has 1 aliphatic heterocycles. The Balaban J connectivity index is 2.51. The van der Waals surface area contributed by atoms with Crippen LogP contribution in [0.2, 0.25) is 5.02 Å². The van der Waals surface area contributed by atoms with Gasteiger partial charge in [0.1, 0.15) is 10.7 Å². The van der Waals surface area contributed by atoms with Crippen LogP contribution in [0, 0.1) is 5.82 Å². The van der Waals surface area contributed by atoms with Crippen LogP contribution in [0.3, 0.4) is 0 Å². The molecule has 0 spiro atoms. The van der Waals surface area contributed by atoms with Crippen molar-refractivity contribution in [1.82, 2.24) is 4.31 Å². The van der Waals surface area contributed by atoms with E-state index in [1.165, 1.54) is 10.4 Å². The van der Waals surface area contributed by atoms with E-state index in [4.69, 9.17) is 16.7 Å². The molecule has 1 aliphatic rings. The molecule has 1 heterocycles. The minimum absolute atomic E-state index is 0.0960. The van der Waals surface area contributed by atoms with Gasteiger partial charge in [-0.2, -0.15) is 4.31 Å². The number of hydrogen-bond acceptors (Lipinski definition) is 3. The molecule has 7 heteroatoms. The summed E-state index contributed by atoms with van der Waals surface area (Å²) in [6.45, 7) is 1.60. The van der Waals surface area contributed by atoms with Crippen molar-refractivity contribution >= 4 is 21.6 Å². The van der Waals surface area contributed by atoms with Crippen LogP contribution in [0.4, 0.5) is 4.39 Å². The predicted octanol–water partition coefficient (Wildman–Crippen LogP) is 2.53. The maximum Gasteiger partial charge on any atom is 0.246 e. The van der Waals surface area contributed by atoms with Crippen LogP contribution in [0.5, 0.6) is 0 Å². The second-order valence-corrected chi connectivity index (χ2v) is 7.29.